The Bertz CT molecular complexity index is 284. The van der Waals surface area contributed by atoms with Crippen LogP contribution in [0.3, 0.4) is 0 Å². The van der Waals surface area contributed by atoms with Crippen LogP contribution >= 0.6 is 0 Å². The number of piperidine rings is 1. The van der Waals surface area contributed by atoms with E-state index in [1.807, 2.05) is 0 Å². The number of likely N-dealkylation sites (tertiary alicyclic amines) is 1. The van der Waals surface area contributed by atoms with Crippen molar-refractivity contribution in [2.45, 2.75) is 70.4 Å². The van der Waals surface area contributed by atoms with Gasteiger partial charge in [-0.15, -0.1) is 0 Å². The predicted octanol–water partition coefficient (Wildman–Crippen LogP) is 2.10. The van der Waals surface area contributed by atoms with Crippen molar-refractivity contribution in [1.29, 1.82) is 0 Å². The zero-order valence-electron chi connectivity index (χ0n) is 12.4. The van der Waals surface area contributed by atoms with Crippen LogP contribution in [0.25, 0.3) is 0 Å². The van der Waals surface area contributed by atoms with E-state index in [-0.39, 0.29) is 0 Å². The Kier molecular flexibility index (Phi) is 5.95. The van der Waals surface area contributed by atoms with Crippen LogP contribution in [0.5, 0.6) is 0 Å². The first-order valence-electron chi connectivity index (χ1n) is 8.06. The summed E-state index contributed by atoms with van der Waals surface area (Å²) >= 11 is 0. The zero-order chi connectivity index (χ0) is 13.5. The monoisotopic (exact) mass is 266 g/mol. The number of rotatable bonds is 4. The van der Waals surface area contributed by atoms with Crippen molar-refractivity contribution >= 4 is 5.96 Å². The summed E-state index contributed by atoms with van der Waals surface area (Å²) in [5, 5.41) is 3.38. The van der Waals surface area contributed by atoms with Crippen LogP contribution in [0.1, 0.15) is 58.3 Å². The molecule has 1 atom stereocenters. The van der Waals surface area contributed by atoms with Gasteiger partial charge in [-0.3, -0.25) is 9.89 Å². The minimum absolute atomic E-state index is 0.561. The van der Waals surface area contributed by atoms with Gasteiger partial charge >= 0.3 is 0 Å². The Morgan fingerprint density at radius 1 is 1.16 bits per heavy atom. The molecule has 1 unspecified atom stereocenters. The molecule has 0 amide bonds. The van der Waals surface area contributed by atoms with Crippen molar-refractivity contribution in [3.05, 3.63) is 0 Å². The van der Waals surface area contributed by atoms with Crippen LogP contribution < -0.4 is 11.1 Å². The van der Waals surface area contributed by atoms with Crippen molar-refractivity contribution in [1.82, 2.24) is 10.2 Å². The third kappa shape index (κ3) is 5.01. The molecule has 2 rings (SSSR count). The van der Waals surface area contributed by atoms with E-state index in [0.717, 1.165) is 19.1 Å². The average molecular weight is 266 g/mol. The average Bonchev–Trinajstić information content (AvgIpc) is 2.42. The lowest BCUT2D eigenvalue weighted by Crippen LogP contribution is -2.42. The molecular formula is C15H30N4. The summed E-state index contributed by atoms with van der Waals surface area (Å²) in [5.41, 5.74) is 5.98. The number of nitrogens with zero attached hydrogens (tertiary/aromatic N) is 2. The molecule has 0 aromatic rings. The van der Waals surface area contributed by atoms with E-state index in [0.29, 0.717) is 12.0 Å². The Morgan fingerprint density at radius 3 is 2.63 bits per heavy atom. The second kappa shape index (κ2) is 7.73. The van der Waals surface area contributed by atoms with E-state index in [2.05, 4.69) is 22.1 Å². The lowest BCUT2D eigenvalue weighted by atomic mass is 9.96. The van der Waals surface area contributed by atoms with Crippen LogP contribution in [0.15, 0.2) is 4.99 Å². The van der Waals surface area contributed by atoms with Crippen molar-refractivity contribution in [2.75, 3.05) is 19.6 Å². The second-order valence-electron chi connectivity index (χ2n) is 6.13. The standard InChI is InChI=1S/C15H30N4/c1-13-7-5-6-11-19(13)12-10-17-15(16)18-14-8-3-2-4-9-14/h13-14H,2-12H2,1H3,(H3,16,17,18). The second-order valence-corrected chi connectivity index (χ2v) is 6.13. The minimum Gasteiger partial charge on any atom is -0.370 e. The number of nitrogens with one attached hydrogen (secondary N) is 1. The van der Waals surface area contributed by atoms with Gasteiger partial charge in [0.15, 0.2) is 5.96 Å². The highest BCUT2D eigenvalue weighted by atomic mass is 15.2. The highest BCUT2D eigenvalue weighted by Gasteiger charge is 2.17. The quantitative estimate of drug-likeness (QED) is 0.605. The fourth-order valence-electron chi connectivity index (χ4n) is 3.29. The van der Waals surface area contributed by atoms with Gasteiger partial charge in [0.05, 0.1) is 6.54 Å². The first kappa shape index (κ1) is 14.6. The molecule has 110 valence electrons. The third-order valence-corrected chi connectivity index (χ3v) is 4.57. The summed E-state index contributed by atoms with van der Waals surface area (Å²) < 4.78 is 0. The van der Waals surface area contributed by atoms with Crippen LogP contribution in [0.4, 0.5) is 0 Å². The Labute approximate surface area is 117 Å². The van der Waals surface area contributed by atoms with Gasteiger partial charge in [0.25, 0.3) is 0 Å². The maximum Gasteiger partial charge on any atom is 0.188 e. The van der Waals surface area contributed by atoms with Gasteiger partial charge in [-0.25, -0.2) is 0 Å². The zero-order valence-corrected chi connectivity index (χ0v) is 12.4. The Balaban J connectivity index is 1.66. The summed E-state index contributed by atoms with van der Waals surface area (Å²) in [6, 6.07) is 1.28. The van der Waals surface area contributed by atoms with Gasteiger partial charge in [-0.2, -0.15) is 0 Å². The van der Waals surface area contributed by atoms with E-state index in [1.54, 1.807) is 0 Å². The van der Waals surface area contributed by atoms with Gasteiger partial charge in [0, 0.05) is 18.6 Å². The fraction of sp³-hybridized carbons (Fsp3) is 0.933. The van der Waals surface area contributed by atoms with Crippen molar-refractivity contribution < 1.29 is 0 Å². The fourth-order valence-corrected chi connectivity index (χ4v) is 3.29. The van der Waals surface area contributed by atoms with Crippen molar-refractivity contribution in [2.24, 2.45) is 10.7 Å². The van der Waals surface area contributed by atoms with Gasteiger partial charge in [-0.05, 0) is 39.2 Å². The van der Waals surface area contributed by atoms with Gasteiger partial charge in [0.1, 0.15) is 0 Å². The maximum atomic E-state index is 5.98. The molecule has 0 bridgehead atoms. The number of hydrogen-bond donors (Lipinski definition) is 2. The van der Waals surface area contributed by atoms with Crippen LogP contribution in [-0.2, 0) is 0 Å². The minimum atomic E-state index is 0.561. The van der Waals surface area contributed by atoms with Crippen LogP contribution in [0, 0.1) is 0 Å². The number of hydrogen-bond acceptors (Lipinski definition) is 2. The molecule has 3 N–H and O–H groups in total. The first-order valence-corrected chi connectivity index (χ1v) is 8.06. The SMILES string of the molecule is CC1CCCCN1CCN=C(N)NC1CCCCC1. The predicted molar refractivity (Wildman–Crippen MR) is 81.4 cm³/mol. The molecule has 1 aliphatic heterocycles. The number of guanidine groups is 1. The molecule has 19 heavy (non-hydrogen) atoms. The molecular weight excluding hydrogens is 236 g/mol. The summed E-state index contributed by atoms with van der Waals surface area (Å²) in [4.78, 5) is 7.03. The number of nitrogens with two attached hydrogens (primary N) is 1. The third-order valence-electron chi connectivity index (χ3n) is 4.57. The van der Waals surface area contributed by atoms with E-state index >= 15 is 0 Å². The summed E-state index contributed by atoms with van der Waals surface area (Å²) in [6.07, 6.45) is 10.6. The van der Waals surface area contributed by atoms with E-state index in [4.69, 9.17) is 5.73 Å². The normalized spacial score (nSPS) is 27.4. The molecule has 2 fully saturated rings. The summed E-state index contributed by atoms with van der Waals surface area (Å²) in [5.74, 6) is 0.650. The molecule has 4 heteroatoms. The van der Waals surface area contributed by atoms with Crippen LogP contribution in [0.2, 0.25) is 0 Å². The van der Waals surface area contributed by atoms with Crippen molar-refractivity contribution in [3.63, 3.8) is 0 Å². The highest BCUT2D eigenvalue weighted by molar-refractivity contribution is 5.78. The van der Waals surface area contributed by atoms with Crippen LogP contribution in [-0.4, -0.2) is 42.6 Å². The first-order chi connectivity index (χ1) is 9.25. The lowest BCUT2D eigenvalue weighted by Gasteiger charge is -2.32. The van der Waals surface area contributed by atoms with E-state index < -0.39 is 0 Å². The molecule has 2 aliphatic rings. The van der Waals surface area contributed by atoms with Gasteiger partial charge in [-0.1, -0.05) is 25.7 Å². The summed E-state index contributed by atoms with van der Waals surface area (Å²) in [6.45, 7) is 5.43. The molecule has 1 saturated carbocycles. The van der Waals surface area contributed by atoms with Crippen molar-refractivity contribution in [3.8, 4) is 0 Å². The molecule has 0 radical (unpaired) electrons. The Hall–Kier alpha value is -0.770. The molecule has 0 aromatic carbocycles. The Morgan fingerprint density at radius 2 is 1.89 bits per heavy atom. The molecule has 0 spiro atoms. The van der Waals surface area contributed by atoms with Gasteiger partial charge < -0.3 is 11.1 Å². The molecule has 1 aliphatic carbocycles. The molecule has 1 heterocycles. The number of aliphatic imine (C=N–C) groups is 1. The molecule has 4 nitrogen and oxygen atoms in total. The molecule has 1 saturated heterocycles. The highest BCUT2D eigenvalue weighted by Crippen LogP contribution is 2.17. The maximum absolute atomic E-state index is 5.98. The largest absolute Gasteiger partial charge is 0.370 e. The lowest BCUT2D eigenvalue weighted by molar-refractivity contribution is 0.166. The van der Waals surface area contributed by atoms with E-state index in [1.165, 1.54) is 57.9 Å². The topological polar surface area (TPSA) is 53.6 Å². The smallest absolute Gasteiger partial charge is 0.188 e. The van der Waals surface area contributed by atoms with Gasteiger partial charge in [0.2, 0.25) is 0 Å². The van der Waals surface area contributed by atoms with E-state index in [9.17, 15) is 0 Å². The molecule has 0 aromatic heterocycles. The summed E-state index contributed by atoms with van der Waals surface area (Å²) in [7, 11) is 0.